The molecule has 1 N–H and O–H groups in total. The van der Waals surface area contributed by atoms with E-state index in [1.165, 1.54) is 0 Å². The van der Waals surface area contributed by atoms with Crippen LogP contribution in [0, 0.1) is 0 Å². The van der Waals surface area contributed by atoms with Gasteiger partial charge in [-0.1, -0.05) is 11.6 Å². The van der Waals surface area contributed by atoms with Crippen molar-refractivity contribution in [1.82, 2.24) is 14.7 Å². The second-order valence-electron chi connectivity index (χ2n) is 6.46. The van der Waals surface area contributed by atoms with Crippen molar-refractivity contribution in [2.45, 2.75) is 38.3 Å². The molecule has 1 aromatic heterocycles. The summed E-state index contributed by atoms with van der Waals surface area (Å²) in [6.07, 6.45) is 5.01. The van der Waals surface area contributed by atoms with Gasteiger partial charge in [0.1, 0.15) is 0 Å². The van der Waals surface area contributed by atoms with Gasteiger partial charge in [0.25, 0.3) is 5.91 Å². The molecule has 1 aromatic carbocycles. The van der Waals surface area contributed by atoms with E-state index >= 15 is 0 Å². The van der Waals surface area contributed by atoms with Crippen LogP contribution in [-0.2, 0) is 0 Å². The van der Waals surface area contributed by atoms with Crippen molar-refractivity contribution in [2.24, 2.45) is 0 Å². The van der Waals surface area contributed by atoms with E-state index in [4.69, 9.17) is 11.6 Å². The highest BCUT2D eigenvalue weighted by molar-refractivity contribution is 6.30. The lowest BCUT2D eigenvalue weighted by Gasteiger charge is -2.33. The van der Waals surface area contributed by atoms with E-state index < -0.39 is 5.60 Å². The van der Waals surface area contributed by atoms with Crippen molar-refractivity contribution in [1.29, 1.82) is 0 Å². The smallest absolute Gasteiger partial charge is 0.257 e. The predicted molar refractivity (Wildman–Crippen MR) is 88.9 cm³/mol. The largest absolute Gasteiger partial charge is 0.388 e. The third kappa shape index (κ3) is 3.26. The van der Waals surface area contributed by atoms with Crippen molar-refractivity contribution < 1.29 is 9.90 Å². The van der Waals surface area contributed by atoms with Crippen LogP contribution in [0.3, 0.4) is 0 Å². The number of likely N-dealkylation sites (tertiary alicyclic amines) is 1. The van der Waals surface area contributed by atoms with Crippen LogP contribution < -0.4 is 0 Å². The Labute approximate surface area is 140 Å². The zero-order valence-corrected chi connectivity index (χ0v) is 14.0. The van der Waals surface area contributed by atoms with Crippen molar-refractivity contribution in [2.75, 3.05) is 6.54 Å². The van der Waals surface area contributed by atoms with E-state index in [1.54, 1.807) is 48.0 Å². The molecule has 1 unspecified atom stereocenters. The number of halogens is 1. The third-order valence-corrected chi connectivity index (χ3v) is 4.50. The maximum atomic E-state index is 12.7. The number of carbonyl (C=O) groups excluding carboxylic acids is 1. The minimum atomic E-state index is -0.904. The van der Waals surface area contributed by atoms with Crippen LogP contribution >= 0.6 is 11.6 Å². The fourth-order valence-corrected chi connectivity index (χ4v) is 3.20. The topological polar surface area (TPSA) is 58.4 Å². The van der Waals surface area contributed by atoms with Gasteiger partial charge in [-0.3, -0.25) is 4.79 Å². The Hall–Kier alpha value is -1.85. The second-order valence-corrected chi connectivity index (χ2v) is 6.90. The second kappa shape index (κ2) is 5.98. The summed E-state index contributed by atoms with van der Waals surface area (Å²) in [5.41, 5.74) is 0.461. The van der Waals surface area contributed by atoms with Crippen molar-refractivity contribution in [3.63, 3.8) is 0 Å². The van der Waals surface area contributed by atoms with E-state index in [0.717, 1.165) is 18.5 Å². The van der Waals surface area contributed by atoms with Crippen LogP contribution in [-0.4, -0.2) is 43.9 Å². The average Bonchev–Trinajstić information content (AvgIpc) is 3.16. The monoisotopic (exact) mass is 333 g/mol. The SMILES string of the molecule is CC(C)(O)C1CCCN1C(=O)c1cnn(-c2ccc(Cl)cc2)c1. The molecule has 1 aliphatic heterocycles. The molecule has 0 spiro atoms. The standard InChI is InChI=1S/C17H20ClN3O2/c1-17(2,23)15-4-3-9-20(15)16(22)12-10-19-21(11-12)14-7-5-13(18)6-8-14/h5-8,10-11,15,23H,3-4,9H2,1-2H3. The minimum Gasteiger partial charge on any atom is -0.388 e. The third-order valence-electron chi connectivity index (χ3n) is 4.25. The summed E-state index contributed by atoms with van der Waals surface area (Å²) in [5, 5.41) is 15.2. The Morgan fingerprint density at radius 1 is 1.35 bits per heavy atom. The molecule has 1 atom stereocenters. The number of carbonyl (C=O) groups is 1. The van der Waals surface area contributed by atoms with Crippen LogP contribution in [0.15, 0.2) is 36.7 Å². The first kappa shape index (κ1) is 16.0. The summed E-state index contributed by atoms with van der Waals surface area (Å²) in [6, 6.07) is 7.10. The van der Waals surface area contributed by atoms with Gasteiger partial charge in [-0.05, 0) is 51.0 Å². The predicted octanol–water partition coefficient (Wildman–Crippen LogP) is 2.90. The molecule has 2 aromatic rings. The molecule has 1 saturated heterocycles. The fourth-order valence-electron chi connectivity index (χ4n) is 3.08. The van der Waals surface area contributed by atoms with Gasteiger partial charge in [0.15, 0.2) is 0 Å². The van der Waals surface area contributed by atoms with Gasteiger partial charge in [-0.25, -0.2) is 4.68 Å². The summed E-state index contributed by atoms with van der Waals surface area (Å²) in [4.78, 5) is 14.5. The van der Waals surface area contributed by atoms with Gasteiger partial charge in [-0.2, -0.15) is 5.10 Å². The normalized spacial score (nSPS) is 18.4. The van der Waals surface area contributed by atoms with Gasteiger partial charge in [-0.15, -0.1) is 0 Å². The summed E-state index contributed by atoms with van der Waals surface area (Å²) >= 11 is 5.89. The van der Waals surface area contributed by atoms with E-state index in [2.05, 4.69) is 5.10 Å². The molecule has 2 heterocycles. The average molecular weight is 334 g/mol. The van der Waals surface area contributed by atoms with Gasteiger partial charge >= 0.3 is 0 Å². The molecule has 122 valence electrons. The molecule has 0 saturated carbocycles. The lowest BCUT2D eigenvalue weighted by atomic mass is 9.96. The molecule has 0 radical (unpaired) electrons. The Morgan fingerprint density at radius 2 is 2.04 bits per heavy atom. The molecule has 0 aliphatic carbocycles. The van der Waals surface area contributed by atoms with Crippen LogP contribution in [0.25, 0.3) is 5.69 Å². The maximum Gasteiger partial charge on any atom is 0.257 e. The fraction of sp³-hybridized carbons (Fsp3) is 0.412. The van der Waals surface area contributed by atoms with Crippen molar-refractivity contribution in [3.8, 4) is 5.69 Å². The summed E-state index contributed by atoms with van der Waals surface area (Å²) < 4.78 is 1.65. The highest BCUT2D eigenvalue weighted by atomic mass is 35.5. The minimum absolute atomic E-state index is 0.0881. The number of benzene rings is 1. The molecule has 23 heavy (non-hydrogen) atoms. The molecule has 1 amide bonds. The Balaban J connectivity index is 1.82. The van der Waals surface area contributed by atoms with E-state index in [-0.39, 0.29) is 11.9 Å². The zero-order valence-electron chi connectivity index (χ0n) is 13.2. The number of aromatic nitrogens is 2. The maximum absolute atomic E-state index is 12.7. The first-order valence-corrected chi connectivity index (χ1v) is 8.08. The lowest BCUT2D eigenvalue weighted by molar-refractivity contribution is 0.000334. The molecule has 6 heteroatoms. The molecular formula is C17H20ClN3O2. The Bertz CT molecular complexity index is 703. The summed E-state index contributed by atoms with van der Waals surface area (Å²) in [5.74, 6) is -0.0881. The first-order chi connectivity index (χ1) is 10.9. The quantitative estimate of drug-likeness (QED) is 0.939. The number of amides is 1. The van der Waals surface area contributed by atoms with E-state index in [9.17, 15) is 9.90 Å². The van der Waals surface area contributed by atoms with Gasteiger partial charge in [0.05, 0.1) is 29.1 Å². The Morgan fingerprint density at radius 3 is 2.70 bits per heavy atom. The number of nitrogens with zero attached hydrogens (tertiary/aromatic N) is 3. The zero-order chi connectivity index (χ0) is 16.6. The Kier molecular flexibility index (Phi) is 4.17. The number of hydrogen-bond donors (Lipinski definition) is 1. The molecule has 1 fully saturated rings. The molecule has 3 rings (SSSR count). The van der Waals surface area contributed by atoms with Crippen molar-refractivity contribution in [3.05, 3.63) is 47.2 Å². The molecule has 0 bridgehead atoms. The molecular weight excluding hydrogens is 314 g/mol. The van der Waals surface area contributed by atoms with E-state index in [1.807, 2.05) is 12.1 Å². The van der Waals surface area contributed by atoms with Gasteiger partial charge in [0.2, 0.25) is 0 Å². The van der Waals surface area contributed by atoms with Gasteiger partial charge < -0.3 is 10.0 Å². The molecule has 1 aliphatic rings. The highest BCUT2D eigenvalue weighted by Crippen LogP contribution is 2.28. The summed E-state index contributed by atoms with van der Waals surface area (Å²) in [6.45, 7) is 4.17. The number of rotatable bonds is 3. The van der Waals surface area contributed by atoms with Crippen LogP contribution in [0.4, 0.5) is 0 Å². The van der Waals surface area contributed by atoms with Crippen molar-refractivity contribution >= 4 is 17.5 Å². The van der Waals surface area contributed by atoms with E-state index in [0.29, 0.717) is 17.1 Å². The molecule has 5 nitrogen and oxygen atoms in total. The highest BCUT2D eigenvalue weighted by Gasteiger charge is 2.39. The summed E-state index contributed by atoms with van der Waals surface area (Å²) in [7, 11) is 0. The van der Waals surface area contributed by atoms with Gasteiger partial charge in [0, 0.05) is 17.8 Å². The van der Waals surface area contributed by atoms with Crippen LogP contribution in [0.5, 0.6) is 0 Å². The number of hydrogen-bond acceptors (Lipinski definition) is 3. The van der Waals surface area contributed by atoms with Crippen LogP contribution in [0.1, 0.15) is 37.0 Å². The lowest BCUT2D eigenvalue weighted by Crippen LogP contribution is -2.48. The van der Waals surface area contributed by atoms with Crippen LogP contribution in [0.2, 0.25) is 5.02 Å². The first-order valence-electron chi connectivity index (χ1n) is 7.70. The number of aliphatic hydroxyl groups is 1.